The van der Waals surface area contributed by atoms with Crippen molar-refractivity contribution in [1.82, 2.24) is 0 Å². The van der Waals surface area contributed by atoms with Crippen molar-refractivity contribution in [3.8, 4) is 0 Å². The summed E-state index contributed by atoms with van der Waals surface area (Å²) in [5, 5.41) is 30.5. The Balaban J connectivity index is -0.0000000314. The van der Waals surface area contributed by atoms with Gasteiger partial charge >= 0.3 is 21.7 Å². The molecule has 4 nitrogen and oxygen atoms in total. The van der Waals surface area contributed by atoms with Gasteiger partial charge in [0, 0.05) is 39.0 Å². The molecule has 2 rings (SSSR count). The summed E-state index contributed by atoms with van der Waals surface area (Å²) in [6.45, 7) is 9.50. The van der Waals surface area contributed by atoms with Gasteiger partial charge in [-0.3, -0.25) is 0 Å². The second kappa shape index (κ2) is 63.6. The van der Waals surface area contributed by atoms with E-state index >= 15 is 0 Å². The Morgan fingerprint density at radius 2 is 0.520 bits per heavy atom. The van der Waals surface area contributed by atoms with Crippen LogP contribution in [-0.2, 0) is 60.7 Å². The Kier molecular flexibility index (Phi) is 116. The Bertz CT molecular complexity index is 96.4. The van der Waals surface area contributed by atoms with Crippen LogP contribution in [0.5, 0.6) is 0 Å². The molecule has 0 amide bonds. The second-order valence-corrected chi connectivity index (χ2v) is 2.82. The van der Waals surface area contributed by atoms with Crippen molar-refractivity contribution < 1.29 is 81.1 Å². The molecule has 0 atom stereocenters. The van der Waals surface area contributed by atoms with E-state index in [9.17, 15) is 0 Å². The Morgan fingerprint density at radius 1 is 0.440 bits per heavy atom. The fourth-order valence-electron chi connectivity index (χ4n) is 0.642. The van der Waals surface area contributed by atoms with Crippen molar-refractivity contribution in [2.75, 3.05) is 26.4 Å². The Hall–Kier alpha value is 1.80. The van der Waals surface area contributed by atoms with Gasteiger partial charge in [-0.15, -0.1) is 0 Å². The van der Waals surface area contributed by atoms with Crippen LogP contribution in [0.15, 0.2) is 0 Å². The van der Waals surface area contributed by atoms with Gasteiger partial charge in [0.2, 0.25) is 0 Å². The second-order valence-electron chi connectivity index (χ2n) is 2.82. The molecule has 2 fully saturated rings. The Morgan fingerprint density at radius 3 is 0.560 bits per heavy atom. The molecular weight excluding hydrogens is 459 g/mol. The summed E-state index contributed by atoms with van der Waals surface area (Å²) >= 11 is 0. The first-order valence-corrected chi connectivity index (χ1v) is 7.01. The molecule has 7 heteroatoms. The predicted octanol–water partition coefficient (Wildman–Crippen LogP) is 1.66. The van der Waals surface area contributed by atoms with Crippen LogP contribution in [0.2, 0.25) is 0 Å². The molecule has 0 aromatic rings. The van der Waals surface area contributed by atoms with Crippen molar-refractivity contribution in [2.24, 2.45) is 0 Å². The molecule has 25 heavy (non-hydrogen) atoms. The molecule has 0 unspecified atom stereocenters. The maximum Gasteiger partial charge on any atom is 2.00 e. The third-order valence-corrected chi connectivity index (χ3v) is 1.31. The summed E-state index contributed by atoms with van der Waals surface area (Å²) in [6, 6.07) is 0. The SMILES string of the molecule is OCCO.OCCO.[CH2-]C.[CH2-]C.[CH]1[CH][CH][CH][CH]1.[CH]1[CH][CH][CH][CH]1.[Ti+2].[Zn].[Zn]. The standard InChI is InChI=1S/2C5H5.2C2H6O2.2C2H5.Ti.2Zn/c2*1-2-4-5-3-1;2*3-1-2-4;2*1-2;;;/h2*1-5H;2*3-4H,1-2H2;2*1H2,2H3;;;/q;;;;2*-1;+2;;. The molecule has 0 spiro atoms. The number of rotatable bonds is 2. The van der Waals surface area contributed by atoms with E-state index in [0.29, 0.717) is 0 Å². The third-order valence-electron chi connectivity index (χ3n) is 1.31. The van der Waals surface area contributed by atoms with Gasteiger partial charge in [-0.2, -0.15) is 13.8 Å². The average molecular weight is 491 g/mol. The minimum absolute atomic E-state index is 0. The van der Waals surface area contributed by atoms with E-state index in [0.717, 1.165) is 0 Å². The molecule has 136 valence electrons. The molecule has 0 aromatic heterocycles. The fourth-order valence-corrected chi connectivity index (χ4v) is 0.642. The van der Waals surface area contributed by atoms with Crippen LogP contribution in [0.1, 0.15) is 13.8 Å². The molecule has 4 N–H and O–H groups in total. The van der Waals surface area contributed by atoms with E-state index in [2.05, 4.69) is 13.8 Å². The van der Waals surface area contributed by atoms with E-state index in [1.54, 1.807) is 13.8 Å². The number of aliphatic hydroxyl groups is 4. The van der Waals surface area contributed by atoms with Crippen LogP contribution in [0.4, 0.5) is 0 Å². The van der Waals surface area contributed by atoms with E-state index in [1.807, 2.05) is 64.2 Å². The topological polar surface area (TPSA) is 80.9 Å². The van der Waals surface area contributed by atoms with Gasteiger partial charge in [0.25, 0.3) is 0 Å². The van der Waals surface area contributed by atoms with Gasteiger partial charge in [-0.25, -0.2) is 0 Å². The maximum atomic E-state index is 7.62. The molecule has 0 bridgehead atoms. The molecular formula is C18H32O4TiZn2. The van der Waals surface area contributed by atoms with Crippen LogP contribution in [0.3, 0.4) is 0 Å². The fraction of sp³-hybridized carbons (Fsp3) is 0.333. The van der Waals surface area contributed by atoms with E-state index in [4.69, 9.17) is 20.4 Å². The van der Waals surface area contributed by atoms with Crippen LogP contribution < -0.4 is 0 Å². The first-order chi connectivity index (χ1) is 10.8. The van der Waals surface area contributed by atoms with Crippen molar-refractivity contribution in [3.63, 3.8) is 0 Å². The first kappa shape index (κ1) is 45.5. The maximum absolute atomic E-state index is 7.62. The predicted molar refractivity (Wildman–Crippen MR) is 93.4 cm³/mol. The zero-order valence-electron chi connectivity index (χ0n) is 15.7. The zero-order valence-corrected chi connectivity index (χ0v) is 23.2. The van der Waals surface area contributed by atoms with Gasteiger partial charge in [-0.05, 0) is 64.2 Å². The monoisotopic (exact) mass is 488 g/mol. The summed E-state index contributed by atoms with van der Waals surface area (Å²) in [4.78, 5) is 0. The van der Waals surface area contributed by atoms with Crippen LogP contribution in [0.25, 0.3) is 0 Å². The molecule has 2 saturated carbocycles. The molecule has 2 aliphatic rings. The van der Waals surface area contributed by atoms with Crippen LogP contribution in [-0.4, -0.2) is 46.9 Å². The number of hydrogen-bond acceptors (Lipinski definition) is 4. The van der Waals surface area contributed by atoms with Crippen molar-refractivity contribution >= 4 is 0 Å². The van der Waals surface area contributed by atoms with Gasteiger partial charge in [0.15, 0.2) is 0 Å². The molecule has 0 aliphatic heterocycles. The molecule has 0 saturated heterocycles. The number of aliphatic hydroxyl groups excluding tert-OH is 4. The zero-order chi connectivity index (χ0) is 17.9. The minimum Gasteiger partial charge on any atom is -0.394 e. The first-order valence-electron chi connectivity index (χ1n) is 7.01. The molecule has 0 aromatic carbocycles. The summed E-state index contributed by atoms with van der Waals surface area (Å²) in [5.74, 6) is 0. The average Bonchev–Trinajstić information content (AvgIpc) is 3.36. The largest absolute Gasteiger partial charge is 2.00 e. The number of hydrogen-bond donors (Lipinski definition) is 4. The third kappa shape index (κ3) is 76.7. The summed E-state index contributed by atoms with van der Waals surface area (Å²) in [6.07, 6.45) is 20.0. The smallest absolute Gasteiger partial charge is 0.394 e. The molecule has 0 heterocycles. The minimum atomic E-state index is -0.125. The van der Waals surface area contributed by atoms with Gasteiger partial charge < -0.3 is 34.3 Å². The van der Waals surface area contributed by atoms with E-state index in [-0.39, 0.29) is 87.1 Å². The van der Waals surface area contributed by atoms with Gasteiger partial charge in [0.1, 0.15) is 0 Å². The van der Waals surface area contributed by atoms with Crippen LogP contribution in [0, 0.1) is 78.1 Å². The van der Waals surface area contributed by atoms with E-state index < -0.39 is 0 Å². The van der Waals surface area contributed by atoms with Gasteiger partial charge in [0.05, 0.1) is 26.4 Å². The normalized spacial score (nSPS) is 12.5. The molecule has 2 aliphatic carbocycles. The van der Waals surface area contributed by atoms with Crippen molar-refractivity contribution in [2.45, 2.75) is 13.8 Å². The van der Waals surface area contributed by atoms with Crippen molar-refractivity contribution in [3.05, 3.63) is 78.1 Å². The Labute approximate surface area is 198 Å². The van der Waals surface area contributed by atoms with Gasteiger partial charge in [-0.1, -0.05) is 0 Å². The summed E-state index contributed by atoms with van der Waals surface area (Å²) < 4.78 is 0. The quantitative estimate of drug-likeness (QED) is 0.350. The van der Waals surface area contributed by atoms with E-state index in [1.165, 1.54) is 0 Å². The van der Waals surface area contributed by atoms with Crippen LogP contribution >= 0.6 is 0 Å². The molecule has 10 radical (unpaired) electrons. The summed E-state index contributed by atoms with van der Waals surface area (Å²) in [7, 11) is 0. The summed E-state index contributed by atoms with van der Waals surface area (Å²) in [5.41, 5.74) is 0. The van der Waals surface area contributed by atoms with Crippen molar-refractivity contribution in [1.29, 1.82) is 0 Å².